The predicted molar refractivity (Wildman–Crippen MR) is 104 cm³/mol. The number of fused-ring (bicyclic) bond motifs is 1. The van der Waals surface area contributed by atoms with Crippen LogP contribution in [0.5, 0.6) is 5.75 Å². The van der Waals surface area contributed by atoms with Gasteiger partial charge in [0.15, 0.2) is 0 Å². The number of imidazole rings is 2. The average molecular weight is 365 g/mol. The van der Waals surface area contributed by atoms with Gasteiger partial charge >= 0.3 is 0 Å². The fourth-order valence-electron chi connectivity index (χ4n) is 2.53. The second-order valence-corrected chi connectivity index (χ2v) is 5.94. The Kier molecular flexibility index (Phi) is 6.50. The van der Waals surface area contributed by atoms with Crippen molar-refractivity contribution in [1.29, 1.82) is 0 Å². The zero-order chi connectivity index (χ0) is 18.9. The number of aromatic nitrogens is 5. The van der Waals surface area contributed by atoms with Gasteiger partial charge < -0.3 is 26.1 Å². The summed E-state index contributed by atoms with van der Waals surface area (Å²) in [4.78, 5) is 18.2. The molecule has 0 saturated heterocycles. The van der Waals surface area contributed by atoms with E-state index in [-0.39, 0.29) is 5.75 Å². The number of pyridine rings is 1. The summed E-state index contributed by atoms with van der Waals surface area (Å²) in [5.74, 6) is 0.202. The van der Waals surface area contributed by atoms with Crippen molar-refractivity contribution in [3.05, 3.63) is 72.5 Å². The van der Waals surface area contributed by atoms with Crippen molar-refractivity contribution in [2.75, 3.05) is 6.54 Å². The van der Waals surface area contributed by atoms with Crippen molar-refractivity contribution in [2.24, 2.45) is 5.73 Å². The average Bonchev–Trinajstić information content (AvgIpc) is 3.40. The normalized spacial score (nSPS) is 10.6. The molecule has 4 aromatic rings. The lowest BCUT2D eigenvalue weighted by Crippen LogP contribution is -2.16. The van der Waals surface area contributed by atoms with Crippen LogP contribution in [-0.2, 0) is 19.5 Å². The van der Waals surface area contributed by atoms with Crippen molar-refractivity contribution >= 4 is 10.9 Å². The number of hydrogen-bond donors (Lipinski definition) is 5. The Hall–Kier alpha value is -3.23. The van der Waals surface area contributed by atoms with Gasteiger partial charge in [0.05, 0.1) is 18.3 Å². The Morgan fingerprint density at radius 2 is 1.78 bits per heavy atom. The molecule has 3 aromatic heterocycles. The zero-order valence-corrected chi connectivity index (χ0v) is 14.9. The highest BCUT2D eigenvalue weighted by Crippen LogP contribution is 2.21. The summed E-state index contributed by atoms with van der Waals surface area (Å²) >= 11 is 0. The molecule has 1 aromatic carbocycles. The molecule has 0 atom stereocenters. The molecular formula is C19H23N7O. The number of aromatic hydroxyl groups is 1. The van der Waals surface area contributed by atoms with Gasteiger partial charge in [-0.1, -0.05) is 18.2 Å². The number of hydrogen-bond acceptors (Lipinski definition) is 6. The number of nitrogens with two attached hydrogens (primary N) is 1. The summed E-state index contributed by atoms with van der Waals surface area (Å²) in [6, 6.07) is 9.09. The summed E-state index contributed by atoms with van der Waals surface area (Å²) in [6.07, 6.45) is 8.02. The van der Waals surface area contributed by atoms with Gasteiger partial charge in [-0.2, -0.15) is 0 Å². The first-order chi connectivity index (χ1) is 13.3. The summed E-state index contributed by atoms with van der Waals surface area (Å²) in [7, 11) is 0. The number of aromatic amines is 2. The minimum Gasteiger partial charge on any atom is -0.506 e. The second-order valence-electron chi connectivity index (χ2n) is 5.94. The van der Waals surface area contributed by atoms with Gasteiger partial charge in [-0.15, -0.1) is 0 Å². The number of nitrogens with one attached hydrogen (secondary N) is 3. The maximum Gasteiger partial charge on any atom is 0.141 e. The second kappa shape index (κ2) is 9.46. The monoisotopic (exact) mass is 365 g/mol. The highest BCUT2D eigenvalue weighted by Gasteiger charge is 2.00. The largest absolute Gasteiger partial charge is 0.506 e. The number of nitrogens with zero attached hydrogens (tertiary/aromatic N) is 3. The topological polar surface area (TPSA) is 129 Å². The Labute approximate surface area is 156 Å². The molecule has 140 valence electrons. The summed E-state index contributed by atoms with van der Waals surface area (Å²) in [5, 5.41) is 13.7. The van der Waals surface area contributed by atoms with Gasteiger partial charge in [0, 0.05) is 55.2 Å². The van der Waals surface area contributed by atoms with Crippen LogP contribution in [0.2, 0.25) is 0 Å². The van der Waals surface area contributed by atoms with Crippen LogP contribution in [0.3, 0.4) is 0 Å². The van der Waals surface area contributed by atoms with Crippen LogP contribution < -0.4 is 11.1 Å². The predicted octanol–water partition coefficient (Wildman–Crippen LogP) is 1.86. The van der Waals surface area contributed by atoms with E-state index < -0.39 is 0 Å². The van der Waals surface area contributed by atoms with E-state index in [0.29, 0.717) is 12.1 Å². The van der Waals surface area contributed by atoms with E-state index in [0.717, 1.165) is 42.0 Å². The highest BCUT2D eigenvalue weighted by atomic mass is 16.3. The molecule has 0 bridgehead atoms. The molecule has 0 amide bonds. The van der Waals surface area contributed by atoms with Crippen molar-refractivity contribution in [3.63, 3.8) is 0 Å². The molecule has 6 N–H and O–H groups in total. The minimum absolute atomic E-state index is 0.202. The molecule has 0 fully saturated rings. The maximum atomic E-state index is 9.49. The Balaban J connectivity index is 0.000000156. The Morgan fingerprint density at radius 1 is 1.00 bits per heavy atom. The van der Waals surface area contributed by atoms with E-state index in [1.807, 2.05) is 30.6 Å². The van der Waals surface area contributed by atoms with Crippen molar-refractivity contribution in [3.8, 4) is 5.75 Å². The minimum atomic E-state index is 0.202. The first-order valence-corrected chi connectivity index (χ1v) is 8.69. The van der Waals surface area contributed by atoms with E-state index in [9.17, 15) is 5.11 Å². The zero-order valence-electron chi connectivity index (χ0n) is 14.9. The fraction of sp³-hybridized carbons (Fsp3) is 0.211. The Bertz CT molecular complexity index is 900. The van der Waals surface area contributed by atoms with Crippen LogP contribution >= 0.6 is 0 Å². The van der Waals surface area contributed by atoms with E-state index in [1.54, 1.807) is 24.8 Å². The number of phenols is 1. The van der Waals surface area contributed by atoms with Crippen LogP contribution in [0.25, 0.3) is 10.9 Å². The van der Waals surface area contributed by atoms with Crippen molar-refractivity contribution in [2.45, 2.75) is 19.5 Å². The lowest BCUT2D eigenvalue weighted by molar-refractivity contribution is 0.480. The number of benzene rings is 1. The molecule has 27 heavy (non-hydrogen) atoms. The van der Waals surface area contributed by atoms with Crippen LogP contribution in [0.4, 0.5) is 0 Å². The molecule has 8 nitrogen and oxygen atoms in total. The molecule has 4 rings (SSSR count). The summed E-state index contributed by atoms with van der Waals surface area (Å²) < 4.78 is 0. The van der Waals surface area contributed by atoms with Gasteiger partial charge in [0.1, 0.15) is 11.3 Å². The SMILES string of the molecule is NCc1ccc2cccc(O)c2n1.c1ncc(CCNCc2cnc[nH]2)[nH]1. The van der Waals surface area contributed by atoms with Gasteiger partial charge in [-0.3, -0.25) is 0 Å². The third-order valence-electron chi connectivity index (χ3n) is 3.96. The van der Waals surface area contributed by atoms with Crippen LogP contribution in [-0.4, -0.2) is 36.6 Å². The molecule has 0 spiro atoms. The third kappa shape index (κ3) is 5.37. The molecule has 0 unspecified atom stereocenters. The summed E-state index contributed by atoms with van der Waals surface area (Å²) in [6.45, 7) is 2.15. The smallest absolute Gasteiger partial charge is 0.141 e. The number of H-pyrrole nitrogens is 2. The number of rotatable bonds is 6. The number of phenolic OH excluding ortho intramolecular Hbond substituents is 1. The first-order valence-electron chi connectivity index (χ1n) is 8.69. The van der Waals surface area contributed by atoms with E-state index in [2.05, 4.69) is 30.2 Å². The first kappa shape index (κ1) is 18.6. The van der Waals surface area contributed by atoms with Gasteiger partial charge in [-0.05, 0) is 12.1 Å². The molecule has 0 aliphatic carbocycles. The van der Waals surface area contributed by atoms with Gasteiger partial charge in [-0.25, -0.2) is 15.0 Å². The molecule has 0 aliphatic rings. The van der Waals surface area contributed by atoms with Gasteiger partial charge in [0.25, 0.3) is 0 Å². The summed E-state index contributed by atoms with van der Waals surface area (Å²) in [5.41, 5.74) is 9.11. The van der Waals surface area contributed by atoms with Crippen LogP contribution in [0.1, 0.15) is 17.1 Å². The fourth-order valence-corrected chi connectivity index (χ4v) is 2.53. The number of para-hydroxylation sites is 1. The lowest BCUT2D eigenvalue weighted by Gasteiger charge is -2.01. The maximum absolute atomic E-state index is 9.49. The van der Waals surface area contributed by atoms with Gasteiger partial charge in [0.2, 0.25) is 0 Å². The van der Waals surface area contributed by atoms with Crippen LogP contribution in [0, 0.1) is 0 Å². The van der Waals surface area contributed by atoms with E-state index in [4.69, 9.17) is 5.73 Å². The Morgan fingerprint density at radius 3 is 2.48 bits per heavy atom. The molecule has 0 aliphatic heterocycles. The highest BCUT2D eigenvalue weighted by molar-refractivity contribution is 5.84. The standard InChI is InChI=1S/C10H10N2O.C9H13N5/c11-6-8-5-4-7-2-1-3-9(13)10(7)12-8;1(8-3-11-6-13-8)2-10-4-9-5-12-7-14-9/h1-5,13H,6,11H2;3,5-7,10H,1-2,4H2,(H,11,13)(H,12,14). The quantitative estimate of drug-likeness (QED) is 0.332. The van der Waals surface area contributed by atoms with E-state index in [1.165, 1.54) is 0 Å². The van der Waals surface area contributed by atoms with Crippen LogP contribution in [0.15, 0.2) is 55.4 Å². The van der Waals surface area contributed by atoms with Crippen molar-refractivity contribution in [1.82, 2.24) is 30.2 Å². The van der Waals surface area contributed by atoms with E-state index >= 15 is 0 Å². The molecule has 3 heterocycles. The van der Waals surface area contributed by atoms with Crippen molar-refractivity contribution < 1.29 is 5.11 Å². The molecule has 8 heteroatoms. The molecule has 0 radical (unpaired) electrons. The third-order valence-corrected chi connectivity index (χ3v) is 3.96. The molecular weight excluding hydrogens is 342 g/mol. The molecule has 0 saturated carbocycles. The lowest BCUT2D eigenvalue weighted by atomic mass is 10.2.